The molecule has 0 radical (unpaired) electrons. The number of rotatable bonds is 15. The number of allylic oxidation sites excluding steroid dienone is 2. The summed E-state index contributed by atoms with van der Waals surface area (Å²) in [6.07, 6.45) is 9.95. The van der Waals surface area contributed by atoms with Crippen molar-refractivity contribution in [3.8, 4) is 0 Å². The Morgan fingerprint density at radius 3 is 1.29 bits per heavy atom. The lowest BCUT2D eigenvalue weighted by Crippen LogP contribution is -2.44. The van der Waals surface area contributed by atoms with Crippen molar-refractivity contribution in [2.45, 2.75) is 63.0 Å². The molecule has 4 N–H and O–H groups in total. The van der Waals surface area contributed by atoms with Crippen molar-refractivity contribution >= 4 is 14.6 Å². The normalized spacial score (nSPS) is 13.9. The molecule has 4 aromatic carbocycles. The van der Waals surface area contributed by atoms with E-state index in [1.165, 1.54) is 44.5 Å². The molecule has 0 bridgehead atoms. The van der Waals surface area contributed by atoms with Crippen molar-refractivity contribution in [1.82, 2.24) is 0 Å². The topological polar surface area (TPSA) is 52.0 Å². The van der Waals surface area contributed by atoms with Crippen LogP contribution in [0.5, 0.6) is 0 Å². The molecule has 0 heterocycles. The number of hydrogen-bond donors (Lipinski definition) is 2. The van der Waals surface area contributed by atoms with Gasteiger partial charge in [-0.15, -0.1) is 13.2 Å². The first kappa shape index (κ1) is 31.3. The molecule has 0 aliphatic carbocycles. The molecule has 2 nitrogen and oxygen atoms in total. The maximum atomic E-state index is 7.27. The van der Waals surface area contributed by atoms with Crippen molar-refractivity contribution in [2.75, 3.05) is 0 Å². The molecule has 4 rings (SSSR count). The Balaban J connectivity index is 1.45. The van der Waals surface area contributed by atoms with E-state index < -0.39 is 10.9 Å². The molecular weight excluding hydrogens is 506 g/mol. The van der Waals surface area contributed by atoms with Gasteiger partial charge < -0.3 is 11.5 Å². The van der Waals surface area contributed by atoms with Crippen molar-refractivity contribution in [3.63, 3.8) is 0 Å². The van der Waals surface area contributed by atoms with Crippen LogP contribution in [-0.2, 0) is 23.7 Å². The summed E-state index contributed by atoms with van der Waals surface area (Å²) in [7, 11) is 1.79. The zero-order chi connectivity index (χ0) is 30.0. The zero-order valence-electron chi connectivity index (χ0n) is 25.6. The Kier molecular flexibility index (Phi) is 10.8. The van der Waals surface area contributed by atoms with E-state index in [0.29, 0.717) is 0 Å². The molecule has 0 spiro atoms. The maximum absolute atomic E-state index is 7.27. The minimum absolute atomic E-state index is 0.523. The third-order valence-electron chi connectivity index (χ3n) is 8.66. The lowest BCUT2D eigenvalue weighted by Gasteiger charge is -2.32. The molecule has 2 atom stereocenters. The van der Waals surface area contributed by atoms with Crippen molar-refractivity contribution in [3.05, 3.63) is 167 Å². The van der Waals surface area contributed by atoms with E-state index in [2.05, 4.69) is 124 Å². The second-order valence-corrected chi connectivity index (χ2v) is 12.0. The number of unbranched alkanes of at least 4 members (excludes halogenated alkanes) is 1. The highest BCUT2D eigenvalue weighted by molar-refractivity contribution is 6.42. The Morgan fingerprint density at radius 2 is 0.952 bits per heavy atom. The second-order valence-electron chi connectivity index (χ2n) is 12.0. The summed E-state index contributed by atoms with van der Waals surface area (Å²) in [4.78, 5) is 0. The second kappa shape index (κ2) is 14.5. The smallest absolute Gasteiger partial charge is 0.157 e. The Labute approximate surface area is 255 Å². The number of nitrogens with two attached hydrogens (primary N) is 2. The highest BCUT2D eigenvalue weighted by atomic mass is 14.7. The molecule has 0 amide bonds. The highest BCUT2D eigenvalue weighted by Gasteiger charge is 2.32. The highest BCUT2D eigenvalue weighted by Crippen LogP contribution is 2.31. The van der Waals surface area contributed by atoms with Crippen molar-refractivity contribution in [1.29, 1.82) is 0 Å². The molecule has 0 aromatic heterocycles. The SMILES string of the molecule is C=CCc1ccc(C(N)(BCCCCBC(N)(c2ccc(CC=C)cc2)c2cccc(C)c2)c2cccc(C)c2)cc1. The molecule has 4 aromatic rings. The average Bonchev–Trinajstić information content (AvgIpc) is 3.00. The van der Waals surface area contributed by atoms with Gasteiger partial charge in [-0.2, -0.15) is 0 Å². The van der Waals surface area contributed by atoms with Gasteiger partial charge in [-0.3, -0.25) is 0 Å². The summed E-state index contributed by atoms with van der Waals surface area (Å²) in [6.45, 7) is 12.0. The lowest BCUT2D eigenvalue weighted by atomic mass is 9.48. The lowest BCUT2D eigenvalue weighted by molar-refractivity contribution is 0.730. The van der Waals surface area contributed by atoms with Gasteiger partial charge in [0.2, 0.25) is 0 Å². The van der Waals surface area contributed by atoms with Gasteiger partial charge in [-0.25, -0.2) is 0 Å². The number of hydrogen-bond acceptors (Lipinski definition) is 2. The predicted molar refractivity (Wildman–Crippen MR) is 186 cm³/mol. The first-order valence-corrected chi connectivity index (χ1v) is 15.4. The number of benzene rings is 4. The van der Waals surface area contributed by atoms with Gasteiger partial charge in [0.25, 0.3) is 0 Å². The van der Waals surface area contributed by atoms with Gasteiger partial charge in [-0.05, 0) is 60.1 Å². The van der Waals surface area contributed by atoms with E-state index in [1.54, 1.807) is 0 Å². The van der Waals surface area contributed by atoms with Crippen LogP contribution in [0.4, 0.5) is 0 Å². The largest absolute Gasteiger partial charge is 0.325 e. The zero-order valence-corrected chi connectivity index (χ0v) is 25.6. The summed E-state index contributed by atoms with van der Waals surface area (Å²) in [5.74, 6) is 0. The summed E-state index contributed by atoms with van der Waals surface area (Å²) in [5, 5.41) is 0. The van der Waals surface area contributed by atoms with Crippen LogP contribution in [0.3, 0.4) is 0 Å². The van der Waals surface area contributed by atoms with Crippen LogP contribution in [-0.4, -0.2) is 14.6 Å². The van der Waals surface area contributed by atoms with E-state index in [9.17, 15) is 0 Å². The maximum Gasteiger partial charge on any atom is 0.157 e. The minimum Gasteiger partial charge on any atom is -0.325 e. The van der Waals surface area contributed by atoms with Gasteiger partial charge in [0.1, 0.15) is 0 Å². The van der Waals surface area contributed by atoms with Crippen LogP contribution in [0, 0.1) is 13.8 Å². The van der Waals surface area contributed by atoms with E-state index >= 15 is 0 Å². The molecule has 214 valence electrons. The van der Waals surface area contributed by atoms with Gasteiger partial charge >= 0.3 is 0 Å². The average molecular weight is 552 g/mol. The minimum atomic E-state index is -0.523. The fourth-order valence-electron chi connectivity index (χ4n) is 6.13. The molecule has 2 unspecified atom stereocenters. The number of aryl methyl sites for hydroxylation is 2. The third kappa shape index (κ3) is 7.62. The fraction of sp³-hybridized carbons (Fsp3) is 0.263. The molecule has 0 saturated carbocycles. The Morgan fingerprint density at radius 1 is 0.571 bits per heavy atom. The van der Waals surface area contributed by atoms with Gasteiger partial charge in [-0.1, -0.05) is 146 Å². The van der Waals surface area contributed by atoms with Gasteiger partial charge in [0.05, 0.1) is 0 Å². The van der Waals surface area contributed by atoms with Crippen molar-refractivity contribution < 1.29 is 0 Å². The van der Waals surface area contributed by atoms with E-state index in [1.807, 2.05) is 12.2 Å². The first-order chi connectivity index (χ1) is 20.3. The fourth-order valence-corrected chi connectivity index (χ4v) is 6.13. The summed E-state index contributed by atoms with van der Waals surface area (Å²) in [6, 6.07) is 34.9. The van der Waals surface area contributed by atoms with Crippen LogP contribution in [0.15, 0.2) is 122 Å². The Bertz CT molecular complexity index is 1350. The van der Waals surface area contributed by atoms with E-state index in [0.717, 1.165) is 52.9 Å². The van der Waals surface area contributed by atoms with Crippen molar-refractivity contribution in [2.24, 2.45) is 11.5 Å². The molecular formula is C38H46B2N2. The molecule has 0 aliphatic rings. The van der Waals surface area contributed by atoms with Crippen LogP contribution < -0.4 is 11.5 Å². The summed E-state index contributed by atoms with van der Waals surface area (Å²) >= 11 is 0. The predicted octanol–water partition coefficient (Wildman–Crippen LogP) is 7.27. The monoisotopic (exact) mass is 552 g/mol. The van der Waals surface area contributed by atoms with Crippen LogP contribution >= 0.6 is 0 Å². The van der Waals surface area contributed by atoms with Gasteiger partial charge in [0.15, 0.2) is 14.6 Å². The van der Waals surface area contributed by atoms with Crippen LogP contribution in [0.2, 0.25) is 12.6 Å². The summed E-state index contributed by atoms with van der Waals surface area (Å²) < 4.78 is 0. The Hall–Kier alpha value is -3.59. The molecule has 4 heteroatoms. The standard InChI is InChI=1S/C38H46B2N2/c1-5-11-31-17-21-33(22-18-31)37(41,35-15-9-13-29(3)27-35)39-25-7-8-26-40-38(42,36-16-10-14-30(4)28-36)34-23-19-32(12-6-2)20-24-34/h5-6,9-10,13-24,27-28,39-40H,1-2,7-8,11-12,25-26,41-42H2,3-4H3. The van der Waals surface area contributed by atoms with E-state index in [4.69, 9.17) is 11.5 Å². The van der Waals surface area contributed by atoms with Crippen LogP contribution in [0.1, 0.15) is 57.3 Å². The van der Waals surface area contributed by atoms with Crippen LogP contribution in [0.25, 0.3) is 0 Å². The first-order valence-electron chi connectivity index (χ1n) is 15.4. The molecule has 42 heavy (non-hydrogen) atoms. The van der Waals surface area contributed by atoms with Gasteiger partial charge in [0, 0.05) is 10.9 Å². The molecule has 0 saturated heterocycles. The summed E-state index contributed by atoms with van der Waals surface area (Å²) in [5.41, 5.74) is 23.2. The van der Waals surface area contributed by atoms with E-state index in [-0.39, 0.29) is 0 Å². The third-order valence-corrected chi connectivity index (χ3v) is 8.66. The molecule has 0 aliphatic heterocycles. The quantitative estimate of drug-likeness (QED) is 0.0926. The molecule has 0 fully saturated rings.